The van der Waals surface area contributed by atoms with Crippen LogP contribution >= 0.6 is 10.6 Å². The van der Waals surface area contributed by atoms with Crippen LogP contribution in [-0.4, -0.2) is 38.8 Å². The van der Waals surface area contributed by atoms with Gasteiger partial charge in [0.2, 0.25) is 0 Å². The molecule has 1 aliphatic carbocycles. The van der Waals surface area contributed by atoms with E-state index in [1.165, 1.54) is 25.4 Å². The fraction of sp³-hybridized carbons (Fsp3) is 0.450. The SMILES string of the molecule is CCS(O)(O)c1ccc(OCC2CC2)c(-c2cc(OCC(F)(F)F)c(=O)n(C)c2)c1. The molecule has 1 heterocycles. The Morgan fingerprint density at radius 1 is 1.17 bits per heavy atom. The normalized spacial score (nSPS) is 15.2. The number of alkyl halides is 3. The van der Waals surface area contributed by atoms with Gasteiger partial charge >= 0.3 is 6.18 Å². The molecule has 30 heavy (non-hydrogen) atoms. The van der Waals surface area contributed by atoms with E-state index in [0.717, 1.165) is 17.4 Å². The summed E-state index contributed by atoms with van der Waals surface area (Å²) in [5, 5.41) is 0. The summed E-state index contributed by atoms with van der Waals surface area (Å²) in [6.07, 6.45) is -1.00. The third-order valence-electron chi connectivity index (χ3n) is 4.76. The van der Waals surface area contributed by atoms with Gasteiger partial charge < -0.3 is 14.0 Å². The number of hydrogen-bond acceptors (Lipinski definition) is 5. The zero-order chi connectivity index (χ0) is 22.1. The van der Waals surface area contributed by atoms with Gasteiger partial charge in [0.25, 0.3) is 5.56 Å². The molecule has 166 valence electrons. The Hall–Kier alpha value is -2.17. The van der Waals surface area contributed by atoms with Gasteiger partial charge in [-0.15, -0.1) is 0 Å². The summed E-state index contributed by atoms with van der Waals surface area (Å²) in [5.74, 6) is 0.562. The van der Waals surface area contributed by atoms with Crippen molar-refractivity contribution in [2.45, 2.75) is 30.8 Å². The monoisotopic (exact) mass is 447 g/mol. The second-order valence-corrected chi connectivity index (χ2v) is 9.66. The van der Waals surface area contributed by atoms with Crippen molar-refractivity contribution in [1.82, 2.24) is 4.57 Å². The number of pyridine rings is 1. The Labute approximate surface area is 173 Å². The second kappa shape index (κ2) is 8.52. The largest absolute Gasteiger partial charge is 0.493 e. The number of benzene rings is 1. The van der Waals surface area contributed by atoms with Crippen molar-refractivity contribution in [1.29, 1.82) is 0 Å². The number of aryl methyl sites for hydroxylation is 1. The van der Waals surface area contributed by atoms with Crippen LogP contribution in [0.4, 0.5) is 13.2 Å². The van der Waals surface area contributed by atoms with Gasteiger partial charge in [0.15, 0.2) is 12.4 Å². The van der Waals surface area contributed by atoms with E-state index in [9.17, 15) is 27.1 Å². The molecule has 1 fully saturated rings. The van der Waals surface area contributed by atoms with Crippen molar-refractivity contribution in [3.8, 4) is 22.6 Å². The molecule has 0 atom stereocenters. The van der Waals surface area contributed by atoms with Gasteiger partial charge in [0.1, 0.15) is 5.75 Å². The summed E-state index contributed by atoms with van der Waals surface area (Å²) in [6.45, 7) is 0.536. The van der Waals surface area contributed by atoms with Crippen molar-refractivity contribution < 1.29 is 31.8 Å². The van der Waals surface area contributed by atoms with Crippen molar-refractivity contribution in [3.63, 3.8) is 0 Å². The van der Waals surface area contributed by atoms with Crippen LogP contribution < -0.4 is 15.0 Å². The quantitative estimate of drug-likeness (QED) is 0.601. The molecular formula is C20H24F3NO5S. The smallest absolute Gasteiger partial charge is 0.422 e. The summed E-state index contributed by atoms with van der Waals surface area (Å²) in [6, 6.07) is 5.93. The fourth-order valence-corrected chi connectivity index (χ4v) is 3.74. The molecule has 0 saturated heterocycles. The molecule has 1 aromatic carbocycles. The molecule has 10 heteroatoms. The van der Waals surface area contributed by atoms with Gasteiger partial charge in [-0.05, 0) is 49.9 Å². The minimum absolute atomic E-state index is 0.113. The summed E-state index contributed by atoms with van der Waals surface area (Å²) in [5.41, 5.74) is 0.0970. The summed E-state index contributed by atoms with van der Waals surface area (Å²) in [4.78, 5) is 12.5. The topological polar surface area (TPSA) is 80.9 Å². The second-order valence-electron chi connectivity index (χ2n) is 7.28. The first-order valence-electron chi connectivity index (χ1n) is 9.43. The van der Waals surface area contributed by atoms with Gasteiger partial charge in [0, 0.05) is 30.1 Å². The Balaban J connectivity index is 2.05. The Bertz CT molecular complexity index is 970. The van der Waals surface area contributed by atoms with E-state index in [-0.39, 0.29) is 10.6 Å². The van der Waals surface area contributed by atoms with E-state index in [1.54, 1.807) is 19.1 Å². The predicted molar refractivity (Wildman–Crippen MR) is 109 cm³/mol. The van der Waals surface area contributed by atoms with E-state index >= 15 is 0 Å². The highest BCUT2D eigenvalue weighted by atomic mass is 32.3. The van der Waals surface area contributed by atoms with E-state index in [2.05, 4.69) is 0 Å². The number of ether oxygens (including phenoxy) is 2. The van der Waals surface area contributed by atoms with E-state index in [4.69, 9.17) is 9.47 Å². The van der Waals surface area contributed by atoms with Crippen LogP contribution in [0, 0.1) is 5.92 Å². The molecule has 3 rings (SSSR count). The predicted octanol–water partition coefficient (Wildman–Crippen LogP) is 4.91. The Morgan fingerprint density at radius 2 is 1.87 bits per heavy atom. The third kappa shape index (κ3) is 5.50. The lowest BCUT2D eigenvalue weighted by Crippen LogP contribution is -2.25. The van der Waals surface area contributed by atoms with Crippen LogP contribution in [0.2, 0.25) is 0 Å². The lowest BCUT2D eigenvalue weighted by atomic mass is 10.1. The standard InChI is InChI=1S/C20H24F3NO5S/c1-3-30(26,27)15-6-7-17(28-11-13-4-5-13)16(9-15)14-8-18(19(25)24(2)10-14)29-12-20(21,22)23/h6-10,13,26-27H,3-5,11-12H2,1-2H3. The maximum absolute atomic E-state index is 12.6. The van der Waals surface area contributed by atoms with Gasteiger partial charge in [0.05, 0.1) is 11.5 Å². The molecule has 0 amide bonds. The lowest BCUT2D eigenvalue weighted by molar-refractivity contribution is -0.153. The van der Waals surface area contributed by atoms with Gasteiger partial charge in [-0.25, -0.2) is 0 Å². The number of rotatable bonds is 8. The number of aromatic nitrogens is 1. The van der Waals surface area contributed by atoms with Crippen LogP contribution in [0.3, 0.4) is 0 Å². The molecule has 0 aliphatic heterocycles. The first-order valence-corrected chi connectivity index (χ1v) is 11.1. The Morgan fingerprint density at radius 3 is 2.47 bits per heavy atom. The average molecular weight is 447 g/mol. The summed E-state index contributed by atoms with van der Waals surface area (Å²) in [7, 11) is -1.62. The molecule has 6 nitrogen and oxygen atoms in total. The van der Waals surface area contributed by atoms with Crippen molar-refractivity contribution in [2.24, 2.45) is 13.0 Å². The first-order chi connectivity index (χ1) is 14.0. The van der Waals surface area contributed by atoms with Crippen LogP contribution in [-0.2, 0) is 7.05 Å². The van der Waals surface area contributed by atoms with Gasteiger partial charge in [-0.3, -0.25) is 13.9 Å². The minimum Gasteiger partial charge on any atom is -0.493 e. The van der Waals surface area contributed by atoms with Crippen LogP contribution in [0.15, 0.2) is 40.2 Å². The maximum atomic E-state index is 12.6. The number of halogens is 3. The van der Waals surface area contributed by atoms with Crippen LogP contribution in [0.25, 0.3) is 11.1 Å². The molecule has 1 saturated carbocycles. The van der Waals surface area contributed by atoms with E-state index in [1.807, 2.05) is 0 Å². The highest BCUT2D eigenvalue weighted by molar-refractivity contribution is 8.24. The average Bonchev–Trinajstić information content (AvgIpc) is 3.51. The molecule has 0 radical (unpaired) electrons. The number of hydrogen-bond donors (Lipinski definition) is 2. The highest BCUT2D eigenvalue weighted by Crippen LogP contribution is 2.50. The molecule has 1 aliphatic rings. The van der Waals surface area contributed by atoms with Crippen LogP contribution in [0.5, 0.6) is 11.5 Å². The molecule has 0 unspecified atom stereocenters. The highest BCUT2D eigenvalue weighted by Gasteiger charge is 2.29. The lowest BCUT2D eigenvalue weighted by Gasteiger charge is -2.31. The Kier molecular flexibility index (Phi) is 6.40. The molecular weight excluding hydrogens is 423 g/mol. The fourth-order valence-electron chi connectivity index (χ4n) is 2.81. The molecule has 1 aromatic heterocycles. The number of nitrogens with zero attached hydrogens (tertiary/aromatic N) is 1. The van der Waals surface area contributed by atoms with Crippen molar-refractivity contribution >= 4 is 10.6 Å². The maximum Gasteiger partial charge on any atom is 0.422 e. The molecule has 2 N–H and O–H groups in total. The van der Waals surface area contributed by atoms with E-state index in [0.29, 0.717) is 29.4 Å². The zero-order valence-electron chi connectivity index (χ0n) is 16.6. The zero-order valence-corrected chi connectivity index (χ0v) is 17.4. The first kappa shape index (κ1) is 22.5. The van der Waals surface area contributed by atoms with E-state index < -0.39 is 34.7 Å². The molecule has 0 bridgehead atoms. The van der Waals surface area contributed by atoms with Gasteiger partial charge in [-0.1, -0.05) is 0 Å². The molecule has 2 aromatic rings. The third-order valence-corrected chi connectivity index (χ3v) is 6.57. The van der Waals surface area contributed by atoms with Crippen molar-refractivity contribution in [2.75, 3.05) is 19.0 Å². The minimum atomic E-state index is -4.59. The van der Waals surface area contributed by atoms with Crippen LogP contribution in [0.1, 0.15) is 19.8 Å². The van der Waals surface area contributed by atoms with Crippen molar-refractivity contribution in [3.05, 3.63) is 40.8 Å². The summed E-state index contributed by atoms with van der Waals surface area (Å²) < 4.78 is 70.0. The summed E-state index contributed by atoms with van der Waals surface area (Å²) >= 11 is 0. The van der Waals surface area contributed by atoms with Gasteiger partial charge in [-0.2, -0.15) is 23.8 Å². The molecule has 0 spiro atoms.